The zero-order valence-corrected chi connectivity index (χ0v) is 11.8. The predicted octanol–water partition coefficient (Wildman–Crippen LogP) is -0.713. The molecule has 1 saturated heterocycles. The van der Waals surface area contributed by atoms with Gasteiger partial charge in [-0.25, -0.2) is 0 Å². The Hall–Kier alpha value is 0.0400. The number of likely N-dealkylation sites (tertiary alicyclic amines) is 1. The molecule has 0 aromatic carbocycles. The van der Waals surface area contributed by atoms with Gasteiger partial charge in [-0.3, -0.25) is 4.79 Å². The van der Waals surface area contributed by atoms with Crippen LogP contribution in [-0.4, -0.2) is 66.0 Å². The minimum absolute atomic E-state index is 0.0873. The second-order valence-electron chi connectivity index (χ2n) is 4.23. The van der Waals surface area contributed by atoms with Crippen LogP contribution in [0, 0.1) is 0 Å². The molecule has 1 aliphatic heterocycles. The van der Waals surface area contributed by atoms with Crippen molar-refractivity contribution >= 4 is 28.9 Å². The lowest BCUT2D eigenvalue weighted by atomic mass is 10.0. The summed E-state index contributed by atoms with van der Waals surface area (Å²) >= 11 is 1.70. The Morgan fingerprint density at radius 1 is 1.53 bits per heavy atom. The van der Waals surface area contributed by atoms with Crippen LogP contribution in [0.2, 0.25) is 0 Å². The Bertz CT molecular complexity index is 234. The number of carbonyl (C=O) groups excluding carboxylic acids is 1. The summed E-state index contributed by atoms with van der Waals surface area (Å²) in [6.45, 7) is 2.03. The second-order valence-corrected chi connectivity index (χ2v) is 4.86. The number of carbonyl (C=O) groups is 1. The van der Waals surface area contributed by atoms with E-state index in [1.165, 1.54) is 0 Å². The van der Waals surface area contributed by atoms with E-state index >= 15 is 0 Å². The molecular weight excluding hydrogens is 339 g/mol. The van der Waals surface area contributed by atoms with E-state index in [1.807, 2.05) is 0 Å². The number of β-amino-alcohol motifs (C(OH)–C–C–N with tert-alkyl or cyclic N) is 1. The molecular formula is C10H19IN2O4. The molecule has 100 valence electrons. The van der Waals surface area contributed by atoms with Gasteiger partial charge < -0.3 is 23.5 Å². The number of nitrogens with zero attached hydrogens (tertiary/aromatic N) is 1. The van der Waals surface area contributed by atoms with Crippen LogP contribution in [0.25, 0.3) is 0 Å². The lowest BCUT2D eigenvalue weighted by Gasteiger charge is -2.33. The number of amides is 1. The fraction of sp³-hybridized carbons (Fsp3) is 0.900. The highest BCUT2D eigenvalue weighted by Crippen LogP contribution is 2.10. The van der Waals surface area contributed by atoms with Crippen LogP contribution in [0.15, 0.2) is 0 Å². The molecule has 1 fully saturated rings. The maximum atomic E-state index is 11.3. The normalized spacial score (nSPS) is 20.2. The van der Waals surface area contributed by atoms with Crippen LogP contribution in [0.5, 0.6) is 0 Å². The van der Waals surface area contributed by atoms with E-state index in [-0.39, 0.29) is 25.2 Å². The number of piperidine rings is 1. The molecule has 17 heavy (non-hydrogen) atoms. The van der Waals surface area contributed by atoms with Crippen molar-refractivity contribution in [2.24, 2.45) is 0 Å². The Labute approximate surface area is 115 Å². The smallest absolute Gasteiger partial charge is 0.247 e. The first-order chi connectivity index (χ1) is 8.15. The number of hydrogen-bond donors (Lipinski definition) is 3. The third-order valence-corrected chi connectivity index (χ3v) is 3.13. The van der Waals surface area contributed by atoms with Gasteiger partial charge in [0.1, 0.15) is 29.6 Å². The van der Waals surface area contributed by atoms with E-state index in [0.717, 1.165) is 25.9 Å². The fourth-order valence-electron chi connectivity index (χ4n) is 1.93. The molecule has 0 aromatic rings. The van der Waals surface area contributed by atoms with Crippen LogP contribution in [0.3, 0.4) is 0 Å². The van der Waals surface area contributed by atoms with Crippen molar-refractivity contribution in [2.75, 3.05) is 32.8 Å². The van der Waals surface area contributed by atoms with E-state index in [4.69, 9.17) is 8.17 Å². The molecule has 0 spiro atoms. The maximum absolute atomic E-state index is 11.3. The van der Waals surface area contributed by atoms with Gasteiger partial charge in [0.15, 0.2) is 0 Å². The number of aliphatic hydroxyl groups is 2. The van der Waals surface area contributed by atoms with Crippen molar-refractivity contribution in [2.45, 2.75) is 25.0 Å². The number of rotatable bonds is 6. The van der Waals surface area contributed by atoms with Crippen LogP contribution in [0.1, 0.15) is 12.8 Å². The van der Waals surface area contributed by atoms with Gasteiger partial charge in [-0.05, 0) is 12.8 Å². The molecule has 1 heterocycles. The first kappa shape index (κ1) is 15.1. The molecule has 0 aromatic heterocycles. The second kappa shape index (κ2) is 8.20. The summed E-state index contributed by atoms with van der Waals surface area (Å²) in [5.41, 5.74) is 0. The van der Waals surface area contributed by atoms with E-state index in [9.17, 15) is 9.90 Å². The number of hydrogen-bond acceptors (Lipinski definition) is 5. The minimum atomic E-state index is -0.673. The topological polar surface area (TPSA) is 82.0 Å². The van der Waals surface area contributed by atoms with E-state index in [0.29, 0.717) is 6.54 Å². The predicted molar refractivity (Wildman–Crippen MR) is 70.7 cm³/mol. The summed E-state index contributed by atoms with van der Waals surface area (Å²) in [5, 5.41) is 21.0. The molecule has 0 saturated carbocycles. The van der Waals surface area contributed by atoms with Crippen molar-refractivity contribution in [3.05, 3.63) is 0 Å². The number of nitrogens with one attached hydrogen (secondary N) is 1. The van der Waals surface area contributed by atoms with Crippen LogP contribution in [0.4, 0.5) is 0 Å². The van der Waals surface area contributed by atoms with E-state index < -0.39 is 6.10 Å². The lowest BCUT2D eigenvalue weighted by Crippen LogP contribution is -2.47. The van der Waals surface area contributed by atoms with Gasteiger partial charge in [0.05, 0.1) is 12.7 Å². The van der Waals surface area contributed by atoms with Gasteiger partial charge in [-0.1, -0.05) is 0 Å². The molecule has 0 bridgehead atoms. The largest absolute Gasteiger partial charge is 0.394 e. The van der Waals surface area contributed by atoms with Gasteiger partial charge in [-0.15, -0.1) is 0 Å². The number of halogens is 1. The van der Waals surface area contributed by atoms with Gasteiger partial charge in [-0.2, -0.15) is 0 Å². The molecule has 7 heteroatoms. The third kappa shape index (κ3) is 5.96. The summed E-state index contributed by atoms with van der Waals surface area (Å²) < 4.78 is 4.72. The van der Waals surface area contributed by atoms with Gasteiger partial charge in [0.2, 0.25) is 5.91 Å². The molecule has 1 aliphatic rings. The molecule has 1 unspecified atom stereocenters. The van der Waals surface area contributed by atoms with Crippen molar-refractivity contribution < 1.29 is 18.1 Å². The average molecular weight is 358 g/mol. The number of aliphatic hydroxyl groups excluding tert-OH is 2. The highest BCUT2D eigenvalue weighted by atomic mass is 127. The lowest BCUT2D eigenvalue weighted by molar-refractivity contribution is -0.123. The molecule has 1 atom stereocenters. The standard InChI is InChI=1S/C10H19IN2O4/c11-17-7-10(16)12-8-1-3-13(4-2-8)5-9(15)6-14/h8-9,14-15H,1-7H2,(H,12,16). The third-order valence-electron chi connectivity index (χ3n) is 2.82. The van der Waals surface area contributed by atoms with Crippen molar-refractivity contribution in [3.63, 3.8) is 0 Å². The van der Waals surface area contributed by atoms with E-state index in [1.54, 1.807) is 23.0 Å². The molecule has 3 N–H and O–H groups in total. The van der Waals surface area contributed by atoms with Crippen molar-refractivity contribution in [1.29, 1.82) is 0 Å². The Balaban J connectivity index is 2.19. The molecule has 0 aliphatic carbocycles. The summed E-state index contributed by atoms with van der Waals surface area (Å²) in [5.74, 6) is -0.0896. The SMILES string of the molecule is O=C(COI)NC1CCN(CC(O)CO)CC1. The Kier molecular flexibility index (Phi) is 7.28. The fourth-order valence-corrected chi connectivity index (χ4v) is 2.22. The summed E-state index contributed by atoms with van der Waals surface area (Å²) in [6, 6.07) is 0.191. The molecule has 1 rings (SSSR count). The summed E-state index contributed by atoms with van der Waals surface area (Å²) in [7, 11) is 0. The van der Waals surface area contributed by atoms with Crippen LogP contribution >= 0.6 is 23.0 Å². The first-order valence-electron chi connectivity index (χ1n) is 5.70. The van der Waals surface area contributed by atoms with Crippen molar-refractivity contribution in [1.82, 2.24) is 10.2 Å². The van der Waals surface area contributed by atoms with Crippen molar-refractivity contribution in [3.8, 4) is 0 Å². The van der Waals surface area contributed by atoms with Gasteiger partial charge >= 0.3 is 0 Å². The minimum Gasteiger partial charge on any atom is -0.394 e. The Morgan fingerprint density at radius 2 is 2.18 bits per heavy atom. The van der Waals surface area contributed by atoms with Gasteiger partial charge in [0, 0.05) is 25.7 Å². The summed E-state index contributed by atoms with van der Waals surface area (Å²) in [6.07, 6.45) is 1.06. The van der Waals surface area contributed by atoms with Crippen LogP contribution in [-0.2, 0) is 7.86 Å². The van der Waals surface area contributed by atoms with E-state index in [2.05, 4.69) is 10.2 Å². The zero-order valence-electron chi connectivity index (χ0n) is 9.64. The quantitative estimate of drug-likeness (QED) is 0.547. The highest BCUT2D eigenvalue weighted by molar-refractivity contribution is 14.1. The molecule has 0 radical (unpaired) electrons. The van der Waals surface area contributed by atoms with Crippen LogP contribution < -0.4 is 5.32 Å². The molecule has 1 amide bonds. The highest BCUT2D eigenvalue weighted by Gasteiger charge is 2.21. The Morgan fingerprint density at radius 3 is 2.71 bits per heavy atom. The van der Waals surface area contributed by atoms with Gasteiger partial charge in [0.25, 0.3) is 0 Å². The monoisotopic (exact) mass is 358 g/mol. The first-order valence-corrected chi connectivity index (χ1v) is 6.58. The molecule has 6 nitrogen and oxygen atoms in total. The average Bonchev–Trinajstić information content (AvgIpc) is 2.32. The summed E-state index contributed by atoms with van der Waals surface area (Å²) in [4.78, 5) is 13.4. The maximum Gasteiger partial charge on any atom is 0.247 e. The zero-order chi connectivity index (χ0) is 12.7.